The number of nitrogens with one attached hydrogen (secondary N) is 1. The molecule has 0 saturated carbocycles. The minimum Gasteiger partial charge on any atom is -0.376 e. The van der Waals surface area contributed by atoms with E-state index in [1.54, 1.807) is 11.8 Å². The molecule has 1 heterocycles. The van der Waals surface area contributed by atoms with Crippen LogP contribution in [0.4, 0.5) is 0 Å². The number of carbonyl (C=O) groups excluding carboxylic acids is 2. The third-order valence-electron chi connectivity index (χ3n) is 4.35. The quantitative estimate of drug-likeness (QED) is 0.796. The maximum atomic E-state index is 12.5. The standard InChI is InChI=1S/C19H28N2O3/c1-3-8-18(22)21(14-16-9-5-4-6-10-16)15(2)19(23)20-13-17-11-7-12-24-17/h4-6,9-10,15,17H,3,7-8,11-14H2,1-2H3,(H,20,23)/t15-,17+/m1/s1. The van der Waals surface area contributed by atoms with Gasteiger partial charge in [-0.2, -0.15) is 0 Å². The topological polar surface area (TPSA) is 58.6 Å². The van der Waals surface area contributed by atoms with Crippen LogP contribution in [0.1, 0.15) is 45.1 Å². The van der Waals surface area contributed by atoms with Crippen LogP contribution in [-0.4, -0.2) is 42.0 Å². The molecule has 2 amide bonds. The minimum absolute atomic E-state index is 0.0149. The van der Waals surface area contributed by atoms with Crippen molar-refractivity contribution < 1.29 is 14.3 Å². The van der Waals surface area contributed by atoms with Crippen LogP contribution >= 0.6 is 0 Å². The number of hydrogen-bond acceptors (Lipinski definition) is 3. The molecule has 0 bridgehead atoms. The van der Waals surface area contributed by atoms with Gasteiger partial charge in [-0.25, -0.2) is 0 Å². The zero-order chi connectivity index (χ0) is 17.4. The SMILES string of the molecule is CCCC(=O)N(Cc1ccccc1)[C@H](C)C(=O)NC[C@@H]1CCCO1. The van der Waals surface area contributed by atoms with Crippen molar-refractivity contribution in [3.05, 3.63) is 35.9 Å². The predicted molar refractivity (Wildman–Crippen MR) is 93.3 cm³/mol. The smallest absolute Gasteiger partial charge is 0.242 e. The Bertz CT molecular complexity index is 527. The second kappa shape index (κ2) is 9.42. The third kappa shape index (κ3) is 5.34. The Kier molecular flexibility index (Phi) is 7.25. The van der Waals surface area contributed by atoms with Crippen LogP contribution in [0.15, 0.2) is 30.3 Å². The van der Waals surface area contributed by atoms with Crippen molar-refractivity contribution >= 4 is 11.8 Å². The maximum Gasteiger partial charge on any atom is 0.242 e. The van der Waals surface area contributed by atoms with Gasteiger partial charge in [0.05, 0.1) is 6.10 Å². The minimum atomic E-state index is -0.495. The summed E-state index contributed by atoms with van der Waals surface area (Å²) >= 11 is 0. The van der Waals surface area contributed by atoms with Gasteiger partial charge in [-0.1, -0.05) is 37.3 Å². The molecule has 0 radical (unpaired) electrons. The van der Waals surface area contributed by atoms with E-state index < -0.39 is 6.04 Å². The molecule has 1 saturated heterocycles. The highest BCUT2D eigenvalue weighted by molar-refractivity contribution is 5.87. The van der Waals surface area contributed by atoms with Gasteiger partial charge in [0.2, 0.25) is 11.8 Å². The Morgan fingerprint density at radius 1 is 1.33 bits per heavy atom. The Labute approximate surface area is 144 Å². The van der Waals surface area contributed by atoms with Crippen LogP contribution in [0, 0.1) is 0 Å². The van der Waals surface area contributed by atoms with Crippen molar-refractivity contribution in [3.63, 3.8) is 0 Å². The van der Waals surface area contributed by atoms with E-state index >= 15 is 0 Å². The monoisotopic (exact) mass is 332 g/mol. The van der Waals surface area contributed by atoms with Gasteiger partial charge in [0.15, 0.2) is 0 Å². The zero-order valence-electron chi connectivity index (χ0n) is 14.7. The van der Waals surface area contributed by atoms with Crippen molar-refractivity contribution in [3.8, 4) is 0 Å². The fourth-order valence-electron chi connectivity index (χ4n) is 2.89. The van der Waals surface area contributed by atoms with Crippen molar-refractivity contribution in [2.24, 2.45) is 0 Å². The zero-order valence-corrected chi connectivity index (χ0v) is 14.7. The Morgan fingerprint density at radius 3 is 2.71 bits per heavy atom. The summed E-state index contributed by atoms with van der Waals surface area (Å²) in [5.41, 5.74) is 1.03. The molecule has 24 heavy (non-hydrogen) atoms. The second-order valence-corrected chi connectivity index (χ2v) is 6.31. The molecule has 1 aliphatic heterocycles. The average Bonchev–Trinajstić information content (AvgIpc) is 3.11. The Morgan fingerprint density at radius 2 is 2.08 bits per heavy atom. The van der Waals surface area contributed by atoms with Gasteiger partial charge in [0, 0.05) is 26.1 Å². The van der Waals surface area contributed by atoms with Gasteiger partial charge in [0.1, 0.15) is 6.04 Å². The lowest BCUT2D eigenvalue weighted by Gasteiger charge is -2.29. The Hall–Kier alpha value is -1.88. The molecule has 5 nitrogen and oxygen atoms in total. The van der Waals surface area contributed by atoms with Crippen molar-refractivity contribution in [1.82, 2.24) is 10.2 Å². The fourth-order valence-corrected chi connectivity index (χ4v) is 2.89. The van der Waals surface area contributed by atoms with Crippen LogP contribution in [0.3, 0.4) is 0 Å². The molecule has 0 spiro atoms. The van der Waals surface area contributed by atoms with E-state index in [2.05, 4.69) is 5.32 Å². The lowest BCUT2D eigenvalue weighted by molar-refractivity contribution is -0.140. The molecule has 0 unspecified atom stereocenters. The molecule has 1 aromatic rings. The van der Waals surface area contributed by atoms with Gasteiger partial charge in [-0.15, -0.1) is 0 Å². The first kappa shape index (κ1) is 18.5. The van der Waals surface area contributed by atoms with Gasteiger partial charge in [0.25, 0.3) is 0 Å². The van der Waals surface area contributed by atoms with Crippen molar-refractivity contribution in [2.75, 3.05) is 13.2 Å². The van der Waals surface area contributed by atoms with E-state index in [9.17, 15) is 9.59 Å². The first-order valence-corrected chi connectivity index (χ1v) is 8.84. The van der Waals surface area contributed by atoms with E-state index in [0.29, 0.717) is 19.5 Å². The number of carbonyl (C=O) groups is 2. The van der Waals surface area contributed by atoms with Gasteiger partial charge >= 0.3 is 0 Å². The predicted octanol–water partition coefficient (Wildman–Crippen LogP) is 2.50. The van der Waals surface area contributed by atoms with E-state index in [-0.39, 0.29) is 17.9 Å². The summed E-state index contributed by atoms with van der Waals surface area (Å²) in [4.78, 5) is 26.6. The Balaban J connectivity index is 1.98. The van der Waals surface area contributed by atoms with E-state index in [4.69, 9.17) is 4.74 Å². The molecule has 1 aliphatic rings. The molecular formula is C19H28N2O3. The summed E-state index contributed by atoms with van der Waals surface area (Å²) in [6.45, 7) is 5.51. The molecule has 132 valence electrons. The largest absolute Gasteiger partial charge is 0.376 e. The number of ether oxygens (including phenoxy) is 1. The lowest BCUT2D eigenvalue weighted by atomic mass is 10.1. The highest BCUT2D eigenvalue weighted by Crippen LogP contribution is 2.13. The molecule has 2 atom stereocenters. The summed E-state index contributed by atoms with van der Waals surface area (Å²) in [7, 11) is 0. The number of nitrogens with zero attached hydrogens (tertiary/aromatic N) is 1. The molecular weight excluding hydrogens is 304 g/mol. The second-order valence-electron chi connectivity index (χ2n) is 6.31. The van der Waals surface area contributed by atoms with E-state index in [1.165, 1.54) is 0 Å². The number of rotatable bonds is 8. The van der Waals surface area contributed by atoms with Crippen molar-refractivity contribution in [2.45, 2.75) is 58.2 Å². The fraction of sp³-hybridized carbons (Fsp3) is 0.579. The van der Waals surface area contributed by atoms with Gasteiger partial charge in [-0.05, 0) is 31.7 Å². The summed E-state index contributed by atoms with van der Waals surface area (Å²) < 4.78 is 5.53. The number of hydrogen-bond donors (Lipinski definition) is 1. The normalized spacial score (nSPS) is 18.2. The summed E-state index contributed by atoms with van der Waals surface area (Å²) in [5.74, 6) is -0.105. The highest BCUT2D eigenvalue weighted by Gasteiger charge is 2.26. The molecule has 1 N–H and O–H groups in total. The molecule has 0 aromatic heterocycles. The van der Waals surface area contributed by atoms with Crippen LogP contribution in [0.25, 0.3) is 0 Å². The van der Waals surface area contributed by atoms with Crippen LogP contribution < -0.4 is 5.32 Å². The molecule has 2 rings (SSSR count). The average molecular weight is 332 g/mol. The number of amides is 2. The first-order valence-electron chi connectivity index (χ1n) is 8.84. The molecule has 5 heteroatoms. The van der Waals surface area contributed by atoms with E-state index in [1.807, 2.05) is 37.3 Å². The summed E-state index contributed by atoms with van der Waals surface area (Å²) in [6.07, 6.45) is 3.36. The van der Waals surface area contributed by atoms with Crippen LogP contribution in [0.5, 0.6) is 0 Å². The molecule has 1 fully saturated rings. The van der Waals surface area contributed by atoms with E-state index in [0.717, 1.165) is 31.4 Å². The van der Waals surface area contributed by atoms with Gasteiger partial charge < -0.3 is 15.0 Å². The van der Waals surface area contributed by atoms with Crippen LogP contribution in [-0.2, 0) is 20.9 Å². The summed E-state index contributed by atoms with van der Waals surface area (Å²) in [6, 6.07) is 9.29. The molecule has 1 aromatic carbocycles. The third-order valence-corrected chi connectivity index (χ3v) is 4.35. The lowest BCUT2D eigenvalue weighted by Crippen LogP contribution is -2.48. The maximum absolute atomic E-state index is 12.5. The first-order chi connectivity index (χ1) is 11.6. The summed E-state index contributed by atoms with van der Waals surface area (Å²) in [5, 5.41) is 2.93. The van der Waals surface area contributed by atoms with Crippen molar-refractivity contribution in [1.29, 1.82) is 0 Å². The molecule has 0 aliphatic carbocycles. The number of benzene rings is 1. The highest BCUT2D eigenvalue weighted by atomic mass is 16.5. The van der Waals surface area contributed by atoms with Crippen LogP contribution in [0.2, 0.25) is 0 Å². The van der Waals surface area contributed by atoms with Gasteiger partial charge in [-0.3, -0.25) is 9.59 Å².